The number of amides is 1. The van der Waals surface area contributed by atoms with Crippen LogP contribution in [0.15, 0.2) is 24.3 Å². The first-order chi connectivity index (χ1) is 9.72. The van der Waals surface area contributed by atoms with Gasteiger partial charge in [-0.3, -0.25) is 4.79 Å². The van der Waals surface area contributed by atoms with Crippen LogP contribution in [0.25, 0.3) is 0 Å². The number of hydrogen-bond acceptors (Lipinski definition) is 3. The Balaban J connectivity index is 1.81. The molecule has 0 bridgehead atoms. The molecule has 110 valence electrons. The van der Waals surface area contributed by atoms with Crippen LogP contribution >= 0.6 is 0 Å². The Bertz CT molecular complexity index is 444. The van der Waals surface area contributed by atoms with Crippen molar-refractivity contribution in [3.63, 3.8) is 0 Å². The third-order valence-electron chi connectivity index (χ3n) is 3.67. The van der Waals surface area contributed by atoms with Crippen molar-refractivity contribution in [1.29, 1.82) is 0 Å². The lowest BCUT2D eigenvalue weighted by molar-refractivity contribution is -0.122. The number of ether oxygens (including phenoxy) is 1. The van der Waals surface area contributed by atoms with Gasteiger partial charge in [-0.25, -0.2) is 0 Å². The van der Waals surface area contributed by atoms with E-state index in [1.165, 1.54) is 24.0 Å². The lowest BCUT2D eigenvalue weighted by atomic mass is 10.0. The molecular formula is C16H24N2O2. The van der Waals surface area contributed by atoms with Gasteiger partial charge < -0.3 is 15.4 Å². The maximum atomic E-state index is 11.8. The van der Waals surface area contributed by atoms with Crippen LogP contribution in [0.2, 0.25) is 0 Å². The molecule has 4 heteroatoms. The number of methoxy groups -OCH3 is 1. The molecule has 0 heterocycles. The molecule has 2 rings (SSSR count). The molecular weight excluding hydrogens is 252 g/mol. The topological polar surface area (TPSA) is 50.4 Å². The fraction of sp³-hybridized carbons (Fsp3) is 0.562. The molecule has 1 unspecified atom stereocenters. The van der Waals surface area contributed by atoms with Gasteiger partial charge in [-0.2, -0.15) is 0 Å². The number of carbonyl (C=O) groups is 1. The van der Waals surface area contributed by atoms with Gasteiger partial charge in [-0.05, 0) is 36.8 Å². The predicted molar refractivity (Wildman–Crippen MR) is 79.6 cm³/mol. The molecule has 1 aliphatic carbocycles. The zero-order valence-corrected chi connectivity index (χ0v) is 12.3. The van der Waals surface area contributed by atoms with Crippen LogP contribution in [0, 0.1) is 0 Å². The summed E-state index contributed by atoms with van der Waals surface area (Å²) >= 11 is 0. The molecule has 1 fully saturated rings. The Labute approximate surface area is 120 Å². The minimum Gasteiger partial charge on any atom is -0.383 e. The zero-order valence-electron chi connectivity index (χ0n) is 12.3. The zero-order chi connectivity index (χ0) is 14.4. The first-order valence-electron chi connectivity index (χ1n) is 7.30. The highest BCUT2D eigenvalue weighted by molar-refractivity contribution is 5.81. The number of hydrogen-bond donors (Lipinski definition) is 2. The normalized spacial score (nSPS) is 15.9. The average Bonchev–Trinajstić information content (AvgIpc) is 3.29. The molecule has 1 amide bonds. The molecule has 0 radical (unpaired) electrons. The number of benzene rings is 1. The van der Waals surface area contributed by atoms with Crippen molar-refractivity contribution < 1.29 is 9.53 Å². The Morgan fingerprint density at radius 3 is 2.85 bits per heavy atom. The minimum absolute atomic E-state index is 0.0194. The van der Waals surface area contributed by atoms with Gasteiger partial charge in [-0.15, -0.1) is 0 Å². The van der Waals surface area contributed by atoms with E-state index in [1.807, 2.05) is 6.92 Å². The van der Waals surface area contributed by atoms with Crippen LogP contribution in [-0.2, 0) is 16.1 Å². The minimum atomic E-state index is -0.195. The van der Waals surface area contributed by atoms with Crippen LogP contribution < -0.4 is 10.6 Å². The van der Waals surface area contributed by atoms with Crippen LogP contribution in [0.1, 0.15) is 36.8 Å². The number of carbonyl (C=O) groups excluding carboxylic acids is 1. The lowest BCUT2D eigenvalue weighted by Crippen LogP contribution is -2.42. The summed E-state index contributed by atoms with van der Waals surface area (Å²) in [7, 11) is 1.63. The molecule has 0 saturated heterocycles. The Morgan fingerprint density at radius 1 is 1.40 bits per heavy atom. The van der Waals surface area contributed by atoms with Crippen LogP contribution in [0.5, 0.6) is 0 Å². The van der Waals surface area contributed by atoms with Gasteiger partial charge in [-0.1, -0.05) is 24.3 Å². The SMILES string of the molecule is COCCNC(=O)C(C)NCc1ccccc1C1CC1. The van der Waals surface area contributed by atoms with Crippen LogP contribution in [-0.4, -0.2) is 32.2 Å². The summed E-state index contributed by atoms with van der Waals surface area (Å²) in [4.78, 5) is 11.8. The Hall–Kier alpha value is -1.39. The highest BCUT2D eigenvalue weighted by Gasteiger charge is 2.25. The summed E-state index contributed by atoms with van der Waals surface area (Å²) in [6.45, 7) is 3.73. The maximum Gasteiger partial charge on any atom is 0.236 e. The van der Waals surface area contributed by atoms with E-state index in [9.17, 15) is 4.79 Å². The van der Waals surface area contributed by atoms with Gasteiger partial charge in [0.2, 0.25) is 5.91 Å². The van der Waals surface area contributed by atoms with Crippen molar-refractivity contribution in [3.05, 3.63) is 35.4 Å². The van der Waals surface area contributed by atoms with Gasteiger partial charge >= 0.3 is 0 Å². The van der Waals surface area contributed by atoms with Crippen LogP contribution in [0.3, 0.4) is 0 Å². The second-order valence-electron chi connectivity index (χ2n) is 5.36. The fourth-order valence-corrected chi connectivity index (χ4v) is 2.27. The maximum absolute atomic E-state index is 11.8. The summed E-state index contributed by atoms with van der Waals surface area (Å²) in [6, 6.07) is 8.32. The molecule has 20 heavy (non-hydrogen) atoms. The molecule has 1 aromatic carbocycles. The van der Waals surface area contributed by atoms with E-state index in [0.29, 0.717) is 13.2 Å². The van der Waals surface area contributed by atoms with E-state index in [4.69, 9.17) is 4.74 Å². The summed E-state index contributed by atoms with van der Waals surface area (Å²) in [5.74, 6) is 0.754. The fourth-order valence-electron chi connectivity index (χ4n) is 2.27. The van der Waals surface area contributed by atoms with Crippen molar-refractivity contribution in [2.45, 2.75) is 38.3 Å². The second kappa shape index (κ2) is 7.41. The smallest absolute Gasteiger partial charge is 0.236 e. The van der Waals surface area contributed by atoms with Crippen molar-refractivity contribution in [1.82, 2.24) is 10.6 Å². The highest BCUT2D eigenvalue weighted by atomic mass is 16.5. The number of nitrogens with one attached hydrogen (secondary N) is 2. The second-order valence-corrected chi connectivity index (χ2v) is 5.36. The first-order valence-corrected chi connectivity index (χ1v) is 7.30. The van der Waals surface area contributed by atoms with E-state index in [2.05, 4.69) is 34.9 Å². The molecule has 2 N–H and O–H groups in total. The predicted octanol–water partition coefficient (Wildman–Crippen LogP) is 1.80. The Morgan fingerprint density at radius 2 is 2.15 bits per heavy atom. The van der Waals surface area contributed by atoms with E-state index < -0.39 is 0 Å². The van der Waals surface area contributed by atoms with Crippen molar-refractivity contribution >= 4 is 5.91 Å². The molecule has 1 atom stereocenters. The Kier molecular flexibility index (Phi) is 5.56. The molecule has 0 spiro atoms. The van der Waals surface area contributed by atoms with Crippen molar-refractivity contribution in [3.8, 4) is 0 Å². The average molecular weight is 276 g/mol. The van der Waals surface area contributed by atoms with Gasteiger partial charge in [0, 0.05) is 20.2 Å². The summed E-state index contributed by atoms with van der Waals surface area (Å²) in [6.07, 6.45) is 2.59. The molecule has 1 aromatic rings. The monoisotopic (exact) mass is 276 g/mol. The molecule has 0 aliphatic heterocycles. The van der Waals surface area contributed by atoms with Gasteiger partial charge in [0.05, 0.1) is 12.6 Å². The summed E-state index contributed by atoms with van der Waals surface area (Å²) in [5, 5.41) is 6.14. The van der Waals surface area contributed by atoms with Crippen molar-refractivity contribution in [2.24, 2.45) is 0 Å². The summed E-state index contributed by atoms with van der Waals surface area (Å²) in [5.41, 5.74) is 2.75. The van der Waals surface area contributed by atoms with Gasteiger partial charge in [0.25, 0.3) is 0 Å². The summed E-state index contributed by atoms with van der Waals surface area (Å²) < 4.78 is 4.92. The third-order valence-corrected chi connectivity index (χ3v) is 3.67. The lowest BCUT2D eigenvalue weighted by Gasteiger charge is -2.15. The largest absolute Gasteiger partial charge is 0.383 e. The van der Waals surface area contributed by atoms with Crippen LogP contribution in [0.4, 0.5) is 0 Å². The third kappa shape index (κ3) is 4.32. The van der Waals surface area contributed by atoms with Crippen molar-refractivity contribution in [2.75, 3.05) is 20.3 Å². The van der Waals surface area contributed by atoms with E-state index in [0.717, 1.165) is 12.5 Å². The quantitative estimate of drug-likeness (QED) is 0.712. The highest BCUT2D eigenvalue weighted by Crippen LogP contribution is 2.41. The molecule has 1 saturated carbocycles. The van der Waals surface area contributed by atoms with E-state index in [1.54, 1.807) is 7.11 Å². The number of rotatable bonds is 8. The molecule has 0 aromatic heterocycles. The molecule has 1 aliphatic rings. The van der Waals surface area contributed by atoms with E-state index in [-0.39, 0.29) is 11.9 Å². The molecule has 4 nitrogen and oxygen atoms in total. The van der Waals surface area contributed by atoms with E-state index >= 15 is 0 Å². The van der Waals surface area contributed by atoms with Gasteiger partial charge in [0.15, 0.2) is 0 Å². The first kappa shape index (κ1) is 15.0. The standard InChI is InChI=1S/C16H24N2O2/c1-12(16(19)17-9-10-20-2)18-11-14-5-3-4-6-15(14)13-7-8-13/h3-6,12-13,18H,7-11H2,1-2H3,(H,17,19). The van der Waals surface area contributed by atoms with Gasteiger partial charge in [0.1, 0.15) is 0 Å².